The van der Waals surface area contributed by atoms with E-state index >= 15 is 0 Å². The molecule has 0 heterocycles. The highest BCUT2D eigenvalue weighted by atomic mass is 35.5. The van der Waals surface area contributed by atoms with Gasteiger partial charge in [-0.2, -0.15) is 0 Å². The number of nitrogens with one attached hydrogen (secondary N) is 2. The Morgan fingerprint density at radius 1 is 0.963 bits per heavy atom. The highest BCUT2D eigenvalue weighted by molar-refractivity contribution is 6.40. The van der Waals surface area contributed by atoms with E-state index in [1.54, 1.807) is 18.2 Å². The van der Waals surface area contributed by atoms with Crippen LogP contribution >= 0.6 is 23.2 Å². The number of amides is 2. The normalized spacial score (nSPS) is 14.2. The number of fused-ring (bicyclic) bond motifs is 1. The zero-order valence-corrected chi connectivity index (χ0v) is 16.7. The standard InChI is InChI=1S/C21H22Cl2N2O2/c1-2-19(15-8-7-13-5-3-4-6-14(13)9-15)25-21(27)20(26)24-18-11-16(22)10-17(23)12-18/h7-12,19H,2-6H2,1H3,(H,24,26)(H,25,27). The summed E-state index contributed by atoms with van der Waals surface area (Å²) in [6, 6.07) is 10.8. The third kappa shape index (κ3) is 5.02. The first kappa shape index (κ1) is 19.7. The van der Waals surface area contributed by atoms with E-state index < -0.39 is 11.8 Å². The van der Waals surface area contributed by atoms with Gasteiger partial charge in [-0.05, 0) is 67.0 Å². The molecular weight excluding hydrogens is 383 g/mol. The Kier molecular flexibility index (Phi) is 6.40. The van der Waals surface area contributed by atoms with Gasteiger partial charge in [0.15, 0.2) is 0 Å². The summed E-state index contributed by atoms with van der Waals surface area (Å²) in [5.41, 5.74) is 4.16. The molecule has 0 fully saturated rings. The van der Waals surface area contributed by atoms with Gasteiger partial charge in [-0.25, -0.2) is 0 Å². The summed E-state index contributed by atoms with van der Waals surface area (Å²) < 4.78 is 0. The van der Waals surface area contributed by atoms with Gasteiger partial charge in [-0.1, -0.05) is 48.3 Å². The molecule has 0 aliphatic heterocycles. The summed E-state index contributed by atoms with van der Waals surface area (Å²) in [7, 11) is 0. The van der Waals surface area contributed by atoms with E-state index in [2.05, 4.69) is 22.8 Å². The lowest BCUT2D eigenvalue weighted by atomic mass is 9.89. The minimum absolute atomic E-state index is 0.210. The van der Waals surface area contributed by atoms with Gasteiger partial charge in [0.25, 0.3) is 0 Å². The first-order chi connectivity index (χ1) is 13.0. The lowest BCUT2D eigenvalue weighted by Crippen LogP contribution is -2.37. The molecule has 2 N–H and O–H groups in total. The van der Waals surface area contributed by atoms with Crippen LogP contribution in [0.15, 0.2) is 36.4 Å². The molecule has 1 aliphatic rings. The minimum Gasteiger partial charge on any atom is -0.341 e. The molecule has 0 spiro atoms. The molecule has 142 valence electrons. The predicted molar refractivity (Wildman–Crippen MR) is 109 cm³/mol. The molecule has 2 aromatic rings. The number of hydrogen-bond acceptors (Lipinski definition) is 2. The molecule has 1 unspecified atom stereocenters. The summed E-state index contributed by atoms with van der Waals surface area (Å²) in [5.74, 6) is -1.43. The van der Waals surface area contributed by atoms with Crippen molar-refractivity contribution in [3.8, 4) is 0 Å². The van der Waals surface area contributed by atoms with E-state index in [0.29, 0.717) is 22.2 Å². The zero-order chi connectivity index (χ0) is 19.4. The second-order valence-corrected chi connectivity index (χ2v) is 7.65. The summed E-state index contributed by atoms with van der Waals surface area (Å²) in [6.07, 6.45) is 5.31. The predicted octanol–water partition coefficient (Wildman–Crippen LogP) is 5.08. The maximum Gasteiger partial charge on any atom is 0.313 e. The fourth-order valence-electron chi connectivity index (χ4n) is 3.43. The monoisotopic (exact) mass is 404 g/mol. The Morgan fingerprint density at radius 2 is 1.63 bits per heavy atom. The van der Waals surface area contributed by atoms with Gasteiger partial charge in [0.1, 0.15) is 0 Å². The number of anilines is 1. The molecule has 0 radical (unpaired) electrons. The van der Waals surface area contributed by atoms with Gasteiger partial charge >= 0.3 is 11.8 Å². The van der Waals surface area contributed by atoms with E-state index in [4.69, 9.17) is 23.2 Å². The lowest BCUT2D eigenvalue weighted by Gasteiger charge is -2.21. The Bertz CT molecular complexity index is 847. The Labute approximate surface area is 169 Å². The molecule has 27 heavy (non-hydrogen) atoms. The number of carbonyl (C=O) groups is 2. The minimum atomic E-state index is -0.746. The van der Waals surface area contributed by atoms with Crippen LogP contribution in [0.3, 0.4) is 0 Å². The molecule has 0 bridgehead atoms. The third-order valence-corrected chi connectivity index (χ3v) is 5.25. The number of rotatable bonds is 4. The van der Waals surface area contributed by atoms with Crippen molar-refractivity contribution in [2.45, 2.75) is 45.1 Å². The first-order valence-corrected chi connectivity index (χ1v) is 9.91. The van der Waals surface area contributed by atoms with Gasteiger partial charge in [-0.3, -0.25) is 9.59 Å². The molecule has 0 saturated carbocycles. The van der Waals surface area contributed by atoms with Gasteiger partial charge in [-0.15, -0.1) is 0 Å². The molecule has 2 aromatic carbocycles. The molecule has 1 atom stereocenters. The lowest BCUT2D eigenvalue weighted by molar-refractivity contribution is -0.136. The highest BCUT2D eigenvalue weighted by Crippen LogP contribution is 2.26. The fraction of sp³-hybridized carbons (Fsp3) is 0.333. The van der Waals surface area contributed by atoms with Crippen molar-refractivity contribution in [2.24, 2.45) is 0 Å². The van der Waals surface area contributed by atoms with Crippen LogP contribution < -0.4 is 10.6 Å². The van der Waals surface area contributed by atoms with Gasteiger partial charge in [0, 0.05) is 15.7 Å². The molecule has 1 aliphatic carbocycles. The van der Waals surface area contributed by atoms with Crippen LogP contribution in [0, 0.1) is 0 Å². The maximum atomic E-state index is 12.4. The SMILES string of the molecule is CCC(NC(=O)C(=O)Nc1cc(Cl)cc(Cl)c1)c1ccc2c(c1)CCCC2. The molecular formula is C21H22Cl2N2O2. The van der Waals surface area contributed by atoms with Crippen LogP contribution in [0.2, 0.25) is 10.0 Å². The smallest absolute Gasteiger partial charge is 0.313 e. The van der Waals surface area contributed by atoms with Crippen LogP contribution in [0.4, 0.5) is 5.69 Å². The molecule has 3 rings (SSSR count). The van der Waals surface area contributed by atoms with Crippen LogP contribution in [-0.4, -0.2) is 11.8 Å². The molecule has 6 heteroatoms. The van der Waals surface area contributed by atoms with E-state index in [1.807, 2.05) is 13.0 Å². The van der Waals surface area contributed by atoms with Crippen LogP contribution in [0.5, 0.6) is 0 Å². The van der Waals surface area contributed by atoms with Crippen LogP contribution in [0.1, 0.15) is 48.9 Å². The van der Waals surface area contributed by atoms with Crippen molar-refractivity contribution in [2.75, 3.05) is 5.32 Å². The summed E-state index contributed by atoms with van der Waals surface area (Å²) in [5, 5.41) is 6.13. The number of aryl methyl sites for hydroxylation is 2. The molecule has 0 aromatic heterocycles. The van der Waals surface area contributed by atoms with E-state index in [0.717, 1.165) is 18.4 Å². The Morgan fingerprint density at radius 3 is 2.30 bits per heavy atom. The molecule has 4 nitrogen and oxygen atoms in total. The zero-order valence-electron chi connectivity index (χ0n) is 15.1. The average Bonchev–Trinajstić information content (AvgIpc) is 2.64. The first-order valence-electron chi connectivity index (χ1n) is 9.16. The number of benzene rings is 2. The second-order valence-electron chi connectivity index (χ2n) is 6.78. The largest absolute Gasteiger partial charge is 0.341 e. The molecule has 0 saturated heterocycles. The van der Waals surface area contributed by atoms with Crippen molar-refractivity contribution in [1.82, 2.24) is 5.32 Å². The summed E-state index contributed by atoms with van der Waals surface area (Å²) in [6.45, 7) is 1.99. The number of halogens is 2. The van der Waals surface area contributed by atoms with Gasteiger partial charge < -0.3 is 10.6 Å². The van der Waals surface area contributed by atoms with Crippen LogP contribution in [-0.2, 0) is 22.4 Å². The summed E-state index contributed by atoms with van der Waals surface area (Å²) in [4.78, 5) is 24.6. The maximum absolute atomic E-state index is 12.4. The van der Waals surface area contributed by atoms with Crippen LogP contribution in [0.25, 0.3) is 0 Å². The van der Waals surface area contributed by atoms with Crippen molar-refractivity contribution in [1.29, 1.82) is 0 Å². The van der Waals surface area contributed by atoms with Gasteiger partial charge in [0.2, 0.25) is 0 Å². The molecule has 2 amide bonds. The second kappa shape index (κ2) is 8.77. The topological polar surface area (TPSA) is 58.2 Å². The van der Waals surface area contributed by atoms with E-state index in [9.17, 15) is 9.59 Å². The van der Waals surface area contributed by atoms with Crippen molar-refractivity contribution < 1.29 is 9.59 Å². The van der Waals surface area contributed by atoms with Crippen molar-refractivity contribution in [3.63, 3.8) is 0 Å². The Balaban J connectivity index is 1.68. The number of carbonyl (C=O) groups excluding carboxylic acids is 2. The quantitative estimate of drug-likeness (QED) is 0.698. The van der Waals surface area contributed by atoms with Crippen molar-refractivity contribution >= 4 is 40.7 Å². The highest BCUT2D eigenvalue weighted by Gasteiger charge is 2.20. The average molecular weight is 405 g/mol. The van der Waals surface area contributed by atoms with E-state index in [-0.39, 0.29) is 6.04 Å². The van der Waals surface area contributed by atoms with Gasteiger partial charge in [0.05, 0.1) is 6.04 Å². The van der Waals surface area contributed by atoms with E-state index in [1.165, 1.54) is 24.0 Å². The fourth-order valence-corrected chi connectivity index (χ4v) is 3.95. The summed E-state index contributed by atoms with van der Waals surface area (Å²) >= 11 is 11.8. The Hall–Kier alpha value is -2.04. The third-order valence-electron chi connectivity index (χ3n) is 4.82. The van der Waals surface area contributed by atoms with Crippen molar-refractivity contribution in [3.05, 3.63) is 63.1 Å². The number of hydrogen-bond donors (Lipinski definition) is 2.